The molecule has 96 valence electrons. The Kier molecular flexibility index (Phi) is 1.13. The highest BCUT2D eigenvalue weighted by atomic mass is 35.5. The highest BCUT2D eigenvalue weighted by Gasteiger charge is 2.93. The van der Waals surface area contributed by atoms with E-state index in [4.69, 9.17) is 23.2 Å². The van der Waals surface area contributed by atoms with Crippen molar-refractivity contribution >= 4 is 23.2 Å². The van der Waals surface area contributed by atoms with E-state index in [0.29, 0.717) is 17.3 Å². The maximum atomic E-state index is 6.68. The molecule has 2 spiro atoms. The van der Waals surface area contributed by atoms with E-state index in [1.807, 2.05) is 0 Å². The lowest BCUT2D eigenvalue weighted by molar-refractivity contribution is 0.146. The van der Waals surface area contributed by atoms with E-state index in [1.54, 1.807) is 19.3 Å². The van der Waals surface area contributed by atoms with Gasteiger partial charge >= 0.3 is 0 Å². The summed E-state index contributed by atoms with van der Waals surface area (Å²) in [5, 5.41) is 0. The van der Waals surface area contributed by atoms with Crippen LogP contribution < -0.4 is 0 Å². The summed E-state index contributed by atoms with van der Waals surface area (Å²) in [6, 6.07) is 0. The number of hydrogen-bond donors (Lipinski definition) is 0. The zero-order valence-electron chi connectivity index (χ0n) is 10.4. The van der Waals surface area contributed by atoms with Crippen molar-refractivity contribution in [3.8, 4) is 0 Å². The number of rotatable bonds is 0. The van der Waals surface area contributed by atoms with Crippen molar-refractivity contribution in [1.29, 1.82) is 0 Å². The van der Waals surface area contributed by atoms with E-state index in [1.165, 1.54) is 12.8 Å². The molecule has 0 aromatic rings. The SMILES string of the molecule is ClC1(Cl)[C@@H]2[C@@H]3[C@@H]4[C@H]5C[C@@H]5[C@H]([C@H]3C3(CC3)[C@H]21)C41CC1. The van der Waals surface area contributed by atoms with E-state index in [0.717, 1.165) is 40.9 Å². The van der Waals surface area contributed by atoms with E-state index < -0.39 is 0 Å². The fourth-order valence-corrected chi connectivity index (χ4v) is 9.58. The zero-order valence-corrected chi connectivity index (χ0v) is 11.9. The van der Waals surface area contributed by atoms with Crippen molar-refractivity contribution in [1.82, 2.24) is 0 Å². The van der Waals surface area contributed by atoms with Gasteiger partial charge in [-0.15, -0.1) is 23.2 Å². The first-order valence-electron chi connectivity index (χ1n) is 8.01. The molecule has 0 aromatic carbocycles. The molecule has 2 bridgehead atoms. The predicted octanol–water partition coefficient (Wildman–Crippen LogP) is 4.11. The molecule has 18 heavy (non-hydrogen) atoms. The third-order valence-electron chi connectivity index (χ3n) is 8.82. The number of fused-ring (bicyclic) bond motifs is 10. The molecule has 0 unspecified atom stereocenters. The third-order valence-corrected chi connectivity index (χ3v) is 9.79. The first-order chi connectivity index (χ1) is 8.63. The van der Waals surface area contributed by atoms with Crippen molar-refractivity contribution in [2.75, 3.05) is 0 Å². The van der Waals surface area contributed by atoms with Gasteiger partial charge in [0.25, 0.3) is 0 Å². The van der Waals surface area contributed by atoms with E-state index in [9.17, 15) is 0 Å². The van der Waals surface area contributed by atoms with Crippen LogP contribution in [0.4, 0.5) is 0 Å². The van der Waals surface area contributed by atoms with Gasteiger partial charge in [0.15, 0.2) is 0 Å². The lowest BCUT2D eigenvalue weighted by Gasteiger charge is -2.34. The minimum atomic E-state index is -0.303. The molecule has 0 radical (unpaired) electrons. The molecule has 0 heterocycles. The first-order valence-corrected chi connectivity index (χ1v) is 8.76. The van der Waals surface area contributed by atoms with Gasteiger partial charge in [-0.3, -0.25) is 0 Å². The lowest BCUT2D eigenvalue weighted by atomic mass is 9.72. The fourth-order valence-electron chi connectivity index (χ4n) is 8.46. The van der Waals surface area contributed by atoms with Gasteiger partial charge in [0.2, 0.25) is 0 Å². The molecular weight excluding hydrogens is 263 g/mol. The summed E-state index contributed by atoms with van der Waals surface area (Å²) in [6.07, 6.45) is 7.64. The minimum absolute atomic E-state index is 0.303. The van der Waals surface area contributed by atoms with Crippen molar-refractivity contribution in [3.63, 3.8) is 0 Å². The van der Waals surface area contributed by atoms with E-state index in [2.05, 4.69) is 0 Å². The second-order valence-corrected chi connectivity index (χ2v) is 10.3. The Balaban J connectivity index is 1.47. The third kappa shape index (κ3) is 0.652. The van der Waals surface area contributed by atoms with Crippen molar-refractivity contribution < 1.29 is 0 Å². The highest BCUT2D eigenvalue weighted by molar-refractivity contribution is 6.51. The molecule has 0 saturated heterocycles. The maximum absolute atomic E-state index is 6.68. The quantitative estimate of drug-likeness (QED) is 0.586. The topological polar surface area (TPSA) is 0 Å². The average Bonchev–Trinajstić information content (AvgIpc) is 3.12. The van der Waals surface area contributed by atoms with E-state index in [-0.39, 0.29) is 4.33 Å². The average molecular weight is 281 g/mol. The van der Waals surface area contributed by atoms with Crippen LogP contribution in [-0.2, 0) is 0 Å². The normalized spacial score (nSPS) is 71.0. The molecule has 0 N–H and O–H groups in total. The van der Waals surface area contributed by atoms with Gasteiger partial charge in [-0.05, 0) is 78.4 Å². The first kappa shape index (κ1) is 9.50. The van der Waals surface area contributed by atoms with Crippen LogP contribution in [0.15, 0.2) is 0 Å². The lowest BCUT2D eigenvalue weighted by Crippen LogP contribution is -2.32. The Morgan fingerprint density at radius 3 is 2.06 bits per heavy atom. The molecule has 0 aliphatic heterocycles. The van der Waals surface area contributed by atoms with Crippen molar-refractivity contribution in [2.45, 2.75) is 36.4 Å². The molecule has 8 atom stereocenters. The molecule has 7 saturated carbocycles. The van der Waals surface area contributed by atoms with Crippen LogP contribution in [-0.4, -0.2) is 4.33 Å². The number of hydrogen-bond acceptors (Lipinski definition) is 0. The van der Waals surface area contributed by atoms with Gasteiger partial charge in [-0.25, -0.2) is 0 Å². The molecule has 7 fully saturated rings. The maximum Gasteiger partial charge on any atom is 0.125 e. The number of alkyl halides is 2. The van der Waals surface area contributed by atoms with Crippen LogP contribution in [0, 0.1) is 58.2 Å². The summed E-state index contributed by atoms with van der Waals surface area (Å²) in [5.41, 5.74) is 1.50. The molecule has 2 heteroatoms. The largest absolute Gasteiger partial charge is 0.125 e. The fraction of sp³-hybridized carbons (Fsp3) is 1.00. The Morgan fingerprint density at radius 1 is 0.722 bits per heavy atom. The predicted molar refractivity (Wildman–Crippen MR) is 70.3 cm³/mol. The van der Waals surface area contributed by atoms with Gasteiger partial charge < -0.3 is 0 Å². The van der Waals surface area contributed by atoms with Gasteiger partial charge in [0.05, 0.1) is 0 Å². The second-order valence-electron chi connectivity index (χ2n) is 8.86. The van der Waals surface area contributed by atoms with Crippen molar-refractivity contribution in [2.24, 2.45) is 58.2 Å². The molecule has 0 aromatic heterocycles. The van der Waals surface area contributed by atoms with Gasteiger partial charge in [0.1, 0.15) is 4.33 Å². The van der Waals surface area contributed by atoms with Gasteiger partial charge in [-0.1, -0.05) is 0 Å². The Bertz CT molecular complexity index is 515. The van der Waals surface area contributed by atoms with Gasteiger partial charge in [-0.2, -0.15) is 0 Å². The summed E-state index contributed by atoms with van der Waals surface area (Å²) in [5.74, 6) is 7.95. The highest BCUT2D eigenvalue weighted by Crippen LogP contribution is 2.97. The summed E-state index contributed by atoms with van der Waals surface area (Å²) >= 11 is 13.4. The summed E-state index contributed by atoms with van der Waals surface area (Å²) in [4.78, 5) is 0. The van der Waals surface area contributed by atoms with Crippen LogP contribution in [0.1, 0.15) is 32.1 Å². The van der Waals surface area contributed by atoms with Crippen LogP contribution in [0.3, 0.4) is 0 Å². The Labute approximate surface area is 118 Å². The Morgan fingerprint density at radius 2 is 1.39 bits per heavy atom. The van der Waals surface area contributed by atoms with E-state index >= 15 is 0 Å². The summed E-state index contributed by atoms with van der Waals surface area (Å²) in [6.45, 7) is 0. The zero-order chi connectivity index (χ0) is 11.7. The molecule has 7 aliphatic carbocycles. The monoisotopic (exact) mass is 280 g/mol. The van der Waals surface area contributed by atoms with Crippen LogP contribution in [0.5, 0.6) is 0 Å². The molecular formula is C16H18Cl2. The van der Waals surface area contributed by atoms with Crippen LogP contribution in [0.2, 0.25) is 0 Å². The molecule has 7 aliphatic rings. The minimum Gasteiger partial charge on any atom is -0.101 e. The smallest absolute Gasteiger partial charge is 0.101 e. The van der Waals surface area contributed by atoms with Crippen LogP contribution >= 0.6 is 23.2 Å². The standard InChI is InChI=1S/C16H18Cl2/c17-16(18)12-8-9-6-5-7(6)10(14(9)1-2-14)11(8)15(3-4-15)13(12)16/h6-13H,1-5H2/t6-,7-,8+,9-,10+,11-,12+,13-/m0/s1. The molecule has 0 amide bonds. The summed E-state index contributed by atoms with van der Waals surface area (Å²) in [7, 11) is 0. The van der Waals surface area contributed by atoms with Gasteiger partial charge in [0, 0.05) is 11.8 Å². The summed E-state index contributed by atoms with van der Waals surface area (Å²) < 4.78 is -0.303. The van der Waals surface area contributed by atoms with Crippen molar-refractivity contribution in [3.05, 3.63) is 0 Å². The number of halogens is 2. The second kappa shape index (κ2) is 2.13. The van der Waals surface area contributed by atoms with Crippen LogP contribution in [0.25, 0.3) is 0 Å². The Hall–Kier alpha value is 0.580. The molecule has 7 rings (SSSR count). The molecule has 0 nitrogen and oxygen atoms in total.